The number of nitrogens with one attached hydrogen (secondary N) is 2. The lowest BCUT2D eigenvalue weighted by atomic mass is 9.60. The summed E-state index contributed by atoms with van der Waals surface area (Å²) in [6, 6.07) is 4.93. The fourth-order valence-corrected chi connectivity index (χ4v) is 6.87. The Bertz CT molecular complexity index is 1300. The Labute approximate surface area is 233 Å². The number of nitrogens with zero attached hydrogens (tertiary/aromatic N) is 2. The maximum atomic E-state index is 13.8. The van der Waals surface area contributed by atoms with Crippen LogP contribution < -0.4 is 16.2 Å². The van der Waals surface area contributed by atoms with Gasteiger partial charge in [-0.2, -0.15) is 13.2 Å². The van der Waals surface area contributed by atoms with Crippen LogP contribution in [0.4, 0.5) is 18.9 Å². The van der Waals surface area contributed by atoms with Crippen LogP contribution in [-0.4, -0.2) is 54.8 Å². The first-order chi connectivity index (χ1) is 19.0. The first kappa shape index (κ1) is 28.7. The summed E-state index contributed by atoms with van der Waals surface area (Å²) in [4.78, 5) is 29.4. The Kier molecular flexibility index (Phi) is 8.03. The summed E-state index contributed by atoms with van der Waals surface area (Å²) in [5.41, 5.74) is 0.518. The number of benzene rings is 1. The normalized spacial score (nSPS) is 24.9. The molecule has 1 aromatic heterocycles. The van der Waals surface area contributed by atoms with E-state index in [1.807, 2.05) is 0 Å². The molecule has 1 saturated carbocycles. The molecule has 2 aliphatic heterocycles. The number of alkyl halides is 3. The number of ether oxygens (including phenoxy) is 1. The summed E-state index contributed by atoms with van der Waals surface area (Å²) in [5.74, 6) is -0.429. The molecular weight excluding hydrogens is 521 g/mol. The van der Waals surface area contributed by atoms with E-state index in [-0.39, 0.29) is 28.6 Å². The zero-order chi connectivity index (χ0) is 28.7. The van der Waals surface area contributed by atoms with Crippen molar-refractivity contribution in [3.8, 4) is 0 Å². The molecule has 0 bridgehead atoms. The van der Waals surface area contributed by atoms with E-state index in [1.54, 1.807) is 23.8 Å². The molecule has 3 aliphatic rings. The van der Waals surface area contributed by atoms with Crippen molar-refractivity contribution in [2.75, 3.05) is 38.7 Å². The van der Waals surface area contributed by atoms with Crippen LogP contribution in [0, 0.1) is 12.3 Å². The second kappa shape index (κ2) is 11.2. The summed E-state index contributed by atoms with van der Waals surface area (Å²) >= 11 is 0. The van der Waals surface area contributed by atoms with Crippen molar-refractivity contribution in [3.63, 3.8) is 0 Å². The molecule has 1 aliphatic carbocycles. The predicted molar refractivity (Wildman–Crippen MR) is 148 cm³/mol. The van der Waals surface area contributed by atoms with Crippen LogP contribution in [0.3, 0.4) is 0 Å². The van der Waals surface area contributed by atoms with Crippen molar-refractivity contribution in [2.24, 2.45) is 5.41 Å². The molecule has 1 aromatic carbocycles. The predicted octanol–water partition coefficient (Wildman–Crippen LogP) is 5.30. The monoisotopic (exact) mass is 560 g/mol. The topological polar surface area (TPSA) is 75.6 Å². The number of likely N-dealkylation sites (tertiary alicyclic amines) is 1. The van der Waals surface area contributed by atoms with Crippen LogP contribution in [0.5, 0.6) is 0 Å². The Morgan fingerprint density at radius 2 is 1.93 bits per heavy atom. The standard InChI is InChI=1S/C30H39F3N4O3/c1-19-22(6-4-7-24(19)30(31,32)33)20(2)34-28(39)23-17-37(21-9-14-40-15-10-21)27(38)16-25(23)35-26-8-12-29(26)11-5-13-36(3)18-29/h4,6-7,16-17,20-21,26,35H,5,8-15,18H2,1-3H3,(H,34,39)/t20-,26-,29-/m1/s1. The fraction of sp³-hybridized carbons (Fsp3) is 0.600. The van der Waals surface area contributed by atoms with Gasteiger partial charge in [-0.05, 0) is 83.2 Å². The molecule has 5 rings (SSSR count). The maximum absolute atomic E-state index is 13.8. The number of hydrogen-bond acceptors (Lipinski definition) is 5. The number of carbonyl (C=O) groups excluding carboxylic acids is 1. The van der Waals surface area contributed by atoms with Gasteiger partial charge in [-0.15, -0.1) is 0 Å². The molecule has 2 N–H and O–H groups in total. The van der Waals surface area contributed by atoms with Crippen molar-refractivity contribution in [1.82, 2.24) is 14.8 Å². The van der Waals surface area contributed by atoms with Crippen LogP contribution in [0.2, 0.25) is 0 Å². The van der Waals surface area contributed by atoms with Crippen LogP contribution in [0.1, 0.15) is 84.6 Å². The smallest absolute Gasteiger partial charge is 0.381 e. The molecule has 10 heteroatoms. The van der Waals surface area contributed by atoms with Gasteiger partial charge in [-0.25, -0.2) is 0 Å². The molecule has 40 heavy (non-hydrogen) atoms. The van der Waals surface area contributed by atoms with Crippen molar-refractivity contribution in [2.45, 2.75) is 76.7 Å². The number of pyridine rings is 1. The van der Waals surface area contributed by atoms with Gasteiger partial charge in [0.05, 0.1) is 22.9 Å². The molecule has 2 saturated heterocycles. The lowest BCUT2D eigenvalue weighted by molar-refractivity contribution is -0.138. The highest BCUT2D eigenvalue weighted by Gasteiger charge is 2.48. The Morgan fingerprint density at radius 1 is 1.18 bits per heavy atom. The number of carbonyl (C=O) groups is 1. The number of halogens is 3. The van der Waals surface area contributed by atoms with E-state index in [4.69, 9.17) is 4.74 Å². The second-order valence-corrected chi connectivity index (χ2v) is 11.8. The summed E-state index contributed by atoms with van der Waals surface area (Å²) in [7, 11) is 2.13. The van der Waals surface area contributed by atoms with E-state index in [0.29, 0.717) is 42.9 Å². The zero-order valence-electron chi connectivity index (χ0n) is 23.4. The van der Waals surface area contributed by atoms with Crippen molar-refractivity contribution in [1.29, 1.82) is 0 Å². The van der Waals surface area contributed by atoms with E-state index in [9.17, 15) is 22.8 Å². The largest absolute Gasteiger partial charge is 0.416 e. The van der Waals surface area contributed by atoms with Gasteiger partial charge >= 0.3 is 6.18 Å². The number of aromatic nitrogens is 1. The van der Waals surface area contributed by atoms with Gasteiger partial charge in [-0.3, -0.25) is 9.59 Å². The molecule has 7 nitrogen and oxygen atoms in total. The number of amides is 1. The van der Waals surface area contributed by atoms with Gasteiger partial charge in [0, 0.05) is 49.5 Å². The average molecular weight is 561 g/mol. The average Bonchev–Trinajstić information content (AvgIpc) is 2.91. The van der Waals surface area contributed by atoms with Crippen molar-refractivity contribution in [3.05, 3.63) is 63.1 Å². The second-order valence-electron chi connectivity index (χ2n) is 11.8. The van der Waals surface area contributed by atoms with Gasteiger partial charge in [0.2, 0.25) is 0 Å². The maximum Gasteiger partial charge on any atom is 0.416 e. The summed E-state index contributed by atoms with van der Waals surface area (Å²) in [5, 5.41) is 6.47. The van der Waals surface area contributed by atoms with E-state index in [2.05, 4.69) is 22.6 Å². The molecule has 0 unspecified atom stereocenters. The molecule has 218 valence electrons. The fourth-order valence-electron chi connectivity index (χ4n) is 6.87. The quantitative estimate of drug-likeness (QED) is 0.501. The van der Waals surface area contributed by atoms with E-state index in [1.165, 1.54) is 19.1 Å². The number of anilines is 1. The van der Waals surface area contributed by atoms with Gasteiger partial charge in [0.25, 0.3) is 11.5 Å². The summed E-state index contributed by atoms with van der Waals surface area (Å²) < 4.78 is 47.7. The molecule has 1 amide bonds. The first-order valence-corrected chi connectivity index (χ1v) is 14.2. The minimum atomic E-state index is -4.48. The van der Waals surface area contributed by atoms with Crippen LogP contribution >= 0.6 is 0 Å². The van der Waals surface area contributed by atoms with Crippen molar-refractivity contribution >= 4 is 11.6 Å². The zero-order valence-corrected chi connectivity index (χ0v) is 23.4. The van der Waals surface area contributed by atoms with Crippen molar-refractivity contribution < 1.29 is 22.7 Å². The SMILES string of the molecule is Cc1c([C@@H](C)NC(=O)c2cn(C3CCOCC3)c(=O)cc2N[C@@H]2CC[C@@]23CCCN(C)C3)cccc1C(F)(F)F. The molecule has 3 atom stereocenters. The molecule has 3 heterocycles. The summed E-state index contributed by atoms with van der Waals surface area (Å²) in [6.45, 7) is 6.23. The third kappa shape index (κ3) is 5.65. The molecule has 2 aromatic rings. The van der Waals surface area contributed by atoms with Gasteiger partial charge in [0.15, 0.2) is 0 Å². The summed E-state index contributed by atoms with van der Waals surface area (Å²) in [6.07, 6.45) is 2.76. The highest BCUT2D eigenvalue weighted by atomic mass is 19.4. The highest BCUT2D eigenvalue weighted by molar-refractivity contribution is 5.99. The number of hydrogen-bond donors (Lipinski definition) is 2. The third-order valence-corrected chi connectivity index (χ3v) is 9.20. The first-order valence-electron chi connectivity index (χ1n) is 14.2. The lowest BCUT2D eigenvalue weighted by Gasteiger charge is -2.54. The lowest BCUT2D eigenvalue weighted by Crippen LogP contribution is -2.57. The van der Waals surface area contributed by atoms with E-state index in [0.717, 1.165) is 44.8 Å². The van der Waals surface area contributed by atoms with Crippen LogP contribution in [0.25, 0.3) is 0 Å². The molecular formula is C30H39F3N4O3. The third-order valence-electron chi connectivity index (χ3n) is 9.20. The minimum Gasteiger partial charge on any atom is -0.381 e. The highest BCUT2D eigenvalue weighted by Crippen LogP contribution is 2.49. The Morgan fingerprint density at radius 3 is 2.58 bits per heavy atom. The number of piperidine rings is 1. The Hall–Kier alpha value is -2.85. The minimum absolute atomic E-state index is 0.0768. The van der Waals surface area contributed by atoms with Gasteiger partial charge in [-0.1, -0.05) is 12.1 Å². The van der Waals surface area contributed by atoms with E-state index < -0.39 is 23.7 Å². The van der Waals surface area contributed by atoms with Crippen LogP contribution in [0.15, 0.2) is 35.3 Å². The van der Waals surface area contributed by atoms with Gasteiger partial charge < -0.3 is 24.8 Å². The number of rotatable bonds is 6. The van der Waals surface area contributed by atoms with Gasteiger partial charge in [0.1, 0.15) is 0 Å². The molecule has 1 spiro atoms. The molecule has 3 fully saturated rings. The van der Waals surface area contributed by atoms with Crippen LogP contribution in [-0.2, 0) is 10.9 Å². The Balaban J connectivity index is 1.45. The van der Waals surface area contributed by atoms with E-state index >= 15 is 0 Å². The molecule has 0 radical (unpaired) electrons.